The molecule has 0 saturated carbocycles. The Balaban J connectivity index is 3.68. The van der Waals surface area contributed by atoms with Crippen LogP contribution in [0.2, 0.25) is 0 Å². The summed E-state index contributed by atoms with van der Waals surface area (Å²) in [7, 11) is 0. The largest absolute Gasteiger partial charge is 0.0914 e. The van der Waals surface area contributed by atoms with E-state index in [2.05, 4.69) is 39.8 Å². The zero-order valence-corrected chi connectivity index (χ0v) is 7.02. The van der Waals surface area contributed by atoms with Crippen LogP contribution in [-0.2, 0) is 0 Å². The third-order valence-electron chi connectivity index (χ3n) is 1.77. The Morgan fingerprint density at radius 2 is 1.89 bits per heavy atom. The molecule has 1 atom stereocenters. The Labute approximate surface area is 59.0 Å². The zero-order valence-electron chi connectivity index (χ0n) is 7.02. The Kier molecular flexibility index (Phi) is 4.47. The van der Waals surface area contributed by atoms with E-state index in [9.17, 15) is 0 Å². The fourth-order valence-corrected chi connectivity index (χ4v) is 1.08. The van der Waals surface area contributed by atoms with Gasteiger partial charge in [-0.2, -0.15) is 0 Å². The van der Waals surface area contributed by atoms with E-state index >= 15 is 0 Å². The van der Waals surface area contributed by atoms with Crippen LogP contribution in [0.25, 0.3) is 0 Å². The van der Waals surface area contributed by atoms with E-state index in [1.807, 2.05) is 0 Å². The predicted molar refractivity (Wildman–Crippen MR) is 43.4 cm³/mol. The van der Waals surface area contributed by atoms with Gasteiger partial charge in [-0.05, 0) is 25.2 Å². The van der Waals surface area contributed by atoms with Crippen LogP contribution in [0.1, 0.15) is 34.1 Å². The molecule has 54 valence electrons. The summed E-state index contributed by atoms with van der Waals surface area (Å²) in [5, 5.41) is 0. The Hall–Kier alpha value is -0.260. The molecular weight excluding hydrogens is 108 g/mol. The lowest BCUT2D eigenvalue weighted by Gasteiger charge is -2.13. The number of hydrogen-bond donors (Lipinski definition) is 0. The average Bonchev–Trinajstić information content (AvgIpc) is 1.82. The van der Waals surface area contributed by atoms with Crippen molar-refractivity contribution in [2.24, 2.45) is 11.8 Å². The highest BCUT2D eigenvalue weighted by atomic mass is 14.1. The third kappa shape index (κ3) is 3.34. The van der Waals surface area contributed by atoms with E-state index in [0.29, 0.717) is 0 Å². The van der Waals surface area contributed by atoms with Crippen molar-refractivity contribution in [3.8, 4) is 0 Å². The van der Waals surface area contributed by atoms with Gasteiger partial charge < -0.3 is 0 Å². The van der Waals surface area contributed by atoms with Crippen LogP contribution in [0.5, 0.6) is 0 Å². The topological polar surface area (TPSA) is 0 Å². The Morgan fingerprint density at radius 1 is 1.33 bits per heavy atom. The van der Waals surface area contributed by atoms with Gasteiger partial charge in [0.2, 0.25) is 0 Å². The van der Waals surface area contributed by atoms with Crippen molar-refractivity contribution in [3.63, 3.8) is 0 Å². The standard InChI is InChI=1S/C9H18/c1-5-7-9(6-2)8(3)4/h5,7-9H,6H2,1-4H3/b7-5+/t9-/m1/s1. The van der Waals surface area contributed by atoms with Crippen LogP contribution in [0.4, 0.5) is 0 Å². The summed E-state index contributed by atoms with van der Waals surface area (Å²) in [6.07, 6.45) is 5.71. The molecule has 0 heteroatoms. The molecule has 0 aliphatic rings. The molecule has 0 spiro atoms. The summed E-state index contributed by atoms with van der Waals surface area (Å²) in [5.41, 5.74) is 0. The molecule has 0 rings (SSSR count). The van der Waals surface area contributed by atoms with Crippen LogP contribution in [-0.4, -0.2) is 0 Å². The minimum Gasteiger partial charge on any atom is -0.0914 e. The van der Waals surface area contributed by atoms with E-state index in [1.165, 1.54) is 6.42 Å². The van der Waals surface area contributed by atoms with Crippen molar-refractivity contribution in [2.75, 3.05) is 0 Å². The normalized spacial score (nSPS) is 15.2. The smallest absolute Gasteiger partial charge is 0.0213 e. The number of allylic oxidation sites excluding steroid dienone is 2. The van der Waals surface area contributed by atoms with Gasteiger partial charge in [0.25, 0.3) is 0 Å². The molecule has 0 aromatic carbocycles. The van der Waals surface area contributed by atoms with Crippen LogP contribution >= 0.6 is 0 Å². The molecule has 0 aliphatic heterocycles. The second-order valence-corrected chi connectivity index (χ2v) is 2.84. The molecule has 0 amide bonds. The molecule has 0 saturated heterocycles. The van der Waals surface area contributed by atoms with E-state index < -0.39 is 0 Å². The van der Waals surface area contributed by atoms with Crippen molar-refractivity contribution in [2.45, 2.75) is 34.1 Å². The molecule has 0 N–H and O–H groups in total. The molecule has 0 bridgehead atoms. The van der Waals surface area contributed by atoms with Gasteiger partial charge in [-0.25, -0.2) is 0 Å². The molecular formula is C9H18. The minimum absolute atomic E-state index is 0.787. The van der Waals surface area contributed by atoms with Crippen LogP contribution in [0.3, 0.4) is 0 Å². The SMILES string of the molecule is C/C=C/[C@@H](CC)C(C)C. The van der Waals surface area contributed by atoms with Crippen LogP contribution in [0.15, 0.2) is 12.2 Å². The maximum absolute atomic E-state index is 2.30. The fraction of sp³-hybridized carbons (Fsp3) is 0.778. The van der Waals surface area contributed by atoms with Gasteiger partial charge in [0, 0.05) is 0 Å². The lowest BCUT2D eigenvalue weighted by atomic mass is 9.93. The van der Waals surface area contributed by atoms with Gasteiger partial charge in [-0.15, -0.1) is 0 Å². The number of rotatable bonds is 3. The first kappa shape index (κ1) is 8.74. The second-order valence-electron chi connectivity index (χ2n) is 2.84. The molecule has 9 heavy (non-hydrogen) atoms. The van der Waals surface area contributed by atoms with Crippen molar-refractivity contribution >= 4 is 0 Å². The molecule has 0 nitrogen and oxygen atoms in total. The van der Waals surface area contributed by atoms with Gasteiger partial charge in [0.1, 0.15) is 0 Å². The highest BCUT2D eigenvalue weighted by molar-refractivity contribution is 4.86. The maximum Gasteiger partial charge on any atom is -0.0213 e. The lowest BCUT2D eigenvalue weighted by Crippen LogP contribution is -2.02. The summed E-state index contributed by atoms with van der Waals surface area (Å²) in [5.74, 6) is 1.58. The molecule has 0 aromatic rings. The Morgan fingerprint density at radius 3 is 2.00 bits per heavy atom. The quantitative estimate of drug-likeness (QED) is 0.509. The minimum atomic E-state index is 0.787. The van der Waals surface area contributed by atoms with Gasteiger partial charge in [-0.1, -0.05) is 32.9 Å². The molecule has 0 heterocycles. The van der Waals surface area contributed by atoms with Gasteiger partial charge >= 0.3 is 0 Å². The number of hydrogen-bond acceptors (Lipinski definition) is 0. The summed E-state index contributed by atoms with van der Waals surface area (Å²) >= 11 is 0. The first-order chi connectivity index (χ1) is 4.22. The summed E-state index contributed by atoms with van der Waals surface area (Å²) in [4.78, 5) is 0. The second kappa shape index (κ2) is 4.60. The molecule has 0 aliphatic carbocycles. The zero-order chi connectivity index (χ0) is 7.28. The van der Waals surface area contributed by atoms with Crippen molar-refractivity contribution in [1.82, 2.24) is 0 Å². The van der Waals surface area contributed by atoms with E-state index in [4.69, 9.17) is 0 Å². The highest BCUT2D eigenvalue weighted by Crippen LogP contribution is 2.15. The molecule has 0 unspecified atom stereocenters. The summed E-state index contributed by atoms with van der Waals surface area (Å²) in [6.45, 7) is 8.87. The van der Waals surface area contributed by atoms with Gasteiger partial charge in [-0.3, -0.25) is 0 Å². The fourth-order valence-electron chi connectivity index (χ4n) is 1.08. The molecule has 0 aromatic heterocycles. The summed E-state index contributed by atoms with van der Waals surface area (Å²) in [6, 6.07) is 0. The van der Waals surface area contributed by atoms with E-state index in [1.54, 1.807) is 0 Å². The summed E-state index contributed by atoms with van der Waals surface area (Å²) < 4.78 is 0. The van der Waals surface area contributed by atoms with E-state index in [0.717, 1.165) is 11.8 Å². The monoisotopic (exact) mass is 126 g/mol. The first-order valence-corrected chi connectivity index (χ1v) is 3.85. The van der Waals surface area contributed by atoms with E-state index in [-0.39, 0.29) is 0 Å². The predicted octanol–water partition coefficient (Wildman–Crippen LogP) is 3.24. The van der Waals surface area contributed by atoms with Gasteiger partial charge in [0.15, 0.2) is 0 Å². The lowest BCUT2D eigenvalue weighted by molar-refractivity contribution is 0.453. The van der Waals surface area contributed by atoms with Crippen LogP contribution in [0, 0.1) is 11.8 Å². The van der Waals surface area contributed by atoms with Crippen molar-refractivity contribution in [1.29, 1.82) is 0 Å². The Bertz CT molecular complexity index is 80.0. The van der Waals surface area contributed by atoms with Gasteiger partial charge in [0.05, 0.1) is 0 Å². The molecule has 0 fully saturated rings. The maximum atomic E-state index is 2.30. The van der Waals surface area contributed by atoms with Crippen LogP contribution < -0.4 is 0 Å². The average molecular weight is 126 g/mol. The molecule has 0 radical (unpaired) electrons. The highest BCUT2D eigenvalue weighted by Gasteiger charge is 2.04. The first-order valence-electron chi connectivity index (χ1n) is 3.85. The van der Waals surface area contributed by atoms with Crippen molar-refractivity contribution in [3.05, 3.63) is 12.2 Å². The van der Waals surface area contributed by atoms with Crippen molar-refractivity contribution < 1.29 is 0 Å². The third-order valence-corrected chi connectivity index (χ3v) is 1.77.